The predicted octanol–water partition coefficient (Wildman–Crippen LogP) is 3.75. The fourth-order valence-electron chi connectivity index (χ4n) is 3.73. The number of fused-ring (bicyclic) bond motifs is 1. The van der Waals surface area contributed by atoms with Gasteiger partial charge in [-0.2, -0.15) is 18.3 Å². The zero-order chi connectivity index (χ0) is 19.2. The van der Waals surface area contributed by atoms with Crippen LogP contribution in [0.1, 0.15) is 24.4 Å². The van der Waals surface area contributed by atoms with Crippen molar-refractivity contribution in [2.75, 3.05) is 32.5 Å². The Morgan fingerprint density at radius 2 is 1.96 bits per heavy atom. The highest BCUT2D eigenvalue weighted by molar-refractivity contribution is 6.03. The number of anilines is 1. The first-order valence-corrected chi connectivity index (χ1v) is 8.86. The van der Waals surface area contributed by atoms with E-state index in [1.165, 1.54) is 7.05 Å². The Bertz CT molecular complexity index is 950. The lowest BCUT2D eigenvalue weighted by molar-refractivity contribution is -0.137. The molecule has 0 aromatic carbocycles. The summed E-state index contributed by atoms with van der Waals surface area (Å²) < 4.78 is 42.0. The molecule has 27 heavy (non-hydrogen) atoms. The molecule has 1 aliphatic heterocycles. The second-order valence-corrected chi connectivity index (χ2v) is 6.96. The number of nitrogens with one attached hydrogen (secondary N) is 2. The number of nitrogens with zero attached hydrogens (tertiary/aromatic N) is 4. The molecule has 9 heteroatoms. The van der Waals surface area contributed by atoms with Crippen LogP contribution in [0.4, 0.5) is 18.9 Å². The molecule has 1 saturated heterocycles. The van der Waals surface area contributed by atoms with Gasteiger partial charge in [0, 0.05) is 36.8 Å². The van der Waals surface area contributed by atoms with Gasteiger partial charge in [0.05, 0.1) is 28.9 Å². The van der Waals surface area contributed by atoms with Gasteiger partial charge in [-0.15, -0.1) is 0 Å². The van der Waals surface area contributed by atoms with Gasteiger partial charge in [-0.3, -0.25) is 4.68 Å². The number of H-pyrrole nitrogens is 1. The van der Waals surface area contributed by atoms with Gasteiger partial charge in [-0.1, -0.05) is 0 Å². The highest BCUT2D eigenvalue weighted by Crippen LogP contribution is 2.41. The maximum absolute atomic E-state index is 13.4. The lowest BCUT2D eigenvalue weighted by Gasteiger charge is -2.28. The standard InChI is InChI=1S/C18H21F3N6/c1-22-16-14(18(19,20)21)9-24-17-15(16)13(8-23-17)11-7-25-27(10-11)12-3-5-26(2)6-4-12/h7-10,12H,3-6H2,1-2H3,(H2,22,23,24). The number of likely N-dealkylation sites (tertiary alicyclic amines) is 1. The molecule has 0 unspecified atom stereocenters. The van der Waals surface area contributed by atoms with E-state index in [0.29, 0.717) is 22.6 Å². The highest BCUT2D eigenvalue weighted by Gasteiger charge is 2.35. The van der Waals surface area contributed by atoms with E-state index in [9.17, 15) is 13.2 Å². The fraction of sp³-hybridized carbons (Fsp3) is 0.444. The van der Waals surface area contributed by atoms with Crippen LogP contribution in [0.3, 0.4) is 0 Å². The maximum Gasteiger partial charge on any atom is 0.419 e. The molecule has 0 spiro atoms. The zero-order valence-electron chi connectivity index (χ0n) is 15.1. The smallest absolute Gasteiger partial charge is 0.387 e. The number of alkyl halides is 3. The summed E-state index contributed by atoms with van der Waals surface area (Å²) in [6.45, 7) is 2.02. The summed E-state index contributed by atoms with van der Waals surface area (Å²) in [5, 5.41) is 7.61. The van der Waals surface area contributed by atoms with Crippen molar-refractivity contribution in [3.63, 3.8) is 0 Å². The summed E-state index contributed by atoms with van der Waals surface area (Å²) in [6.07, 6.45) is 3.70. The van der Waals surface area contributed by atoms with Crippen LogP contribution < -0.4 is 5.32 Å². The zero-order valence-corrected chi connectivity index (χ0v) is 15.1. The molecule has 1 fully saturated rings. The number of piperidine rings is 1. The first-order chi connectivity index (χ1) is 12.9. The first-order valence-electron chi connectivity index (χ1n) is 8.86. The third-order valence-corrected chi connectivity index (χ3v) is 5.23. The Labute approximate surface area is 154 Å². The molecular weight excluding hydrogens is 357 g/mol. The molecule has 0 amide bonds. The van der Waals surface area contributed by atoms with Crippen LogP contribution in [0.15, 0.2) is 24.8 Å². The Balaban J connectivity index is 1.76. The van der Waals surface area contributed by atoms with Crippen LogP contribution in [-0.2, 0) is 6.18 Å². The second kappa shape index (κ2) is 6.56. The average Bonchev–Trinajstić information content (AvgIpc) is 3.27. The summed E-state index contributed by atoms with van der Waals surface area (Å²) in [5.74, 6) is 0. The van der Waals surface area contributed by atoms with E-state index in [1.54, 1.807) is 12.4 Å². The van der Waals surface area contributed by atoms with E-state index in [0.717, 1.165) is 37.7 Å². The van der Waals surface area contributed by atoms with Crippen LogP contribution in [-0.4, -0.2) is 51.8 Å². The van der Waals surface area contributed by atoms with Gasteiger partial charge in [-0.25, -0.2) is 4.98 Å². The minimum atomic E-state index is -4.48. The van der Waals surface area contributed by atoms with Crippen LogP contribution in [0, 0.1) is 0 Å². The predicted molar refractivity (Wildman–Crippen MR) is 97.6 cm³/mol. The summed E-state index contributed by atoms with van der Waals surface area (Å²) in [7, 11) is 3.59. The number of aromatic nitrogens is 4. The Kier molecular flexibility index (Phi) is 4.33. The quantitative estimate of drug-likeness (QED) is 0.729. The summed E-state index contributed by atoms with van der Waals surface area (Å²) >= 11 is 0. The molecule has 1 aliphatic rings. The Morgan fingerprint density at radius 3 is 2.63 bits per heavy atom. The normalized spacial score (nSPS) is 16.9. The SMILES string of the molecule is CNc1c(C(F)(F)F)cnc2[nH]cc(-c3cnn(C4CCN(C)CC4)c3)c12. The van der Waals surface area contributed by atoms with Crippen molar-refractivity contribution >= 4 is 16.7 Å². The summed E-state index contributed by atoms with van der Waals surface area (Å²) in [4.78, 5) is 9.21. The molecule has 0 radical (unpaired) electrons. The number of aromatic amines is 1. The molecule has 2 N–H and O–H groups in total. The van der Waals surface area contributed by atoms with Gasteiger partial charge >= 0.3 is 6.18 Å². The fourth-order valence-corrected chi connectivity index (χ4v) is 3.73. The molecule has 0 bridgehead atoms. The van der Waals surface area contributed by atoms with Gasteiger partial charge in [0.2, 0.25) is 0 Å². The Hall–Kier alpha value is -2.55. The minimum Gasteiger partial charge on any atom is -0.387 e. The van der Waals surface area contributed by atoms with Gasteiger partial charge in [-0.05, 0) is 33.0 Å². The van der Waals surface area contributed by atoms with Gasteiger partial charge in [0.1, 0.15) is 5.65 Å². The van der Waals surface area contributed by atoms with Crippen LogP contribution in [0.25, 0.3) is 22.2 Å². The van der Waals surface area contributed by atoms with Crippen LogP contribution in [0.2, 0.25) is 0 Å². The number of hydrogen-bond acceptors (Lipinski definition) is 4. The van der Waals surface area contributed by atoms with Crippen molar-refractivity contribution in [3.8, 4) is 11.1 Å². The minimum absolute atomic E-state index is 0.0239. The van der Waals surface area contributed by atoms with Crippen molar-refractivity contribution in [2.45, 2.75) is 25.1 Å². The molecule has 4 rings (SSSR count). The number of pyridine rings is 1. The topological polar surface area (TPSA) is 61.8 Å². The molecule has 3 aromatic rings. The summed E-state index contributed by atoms with van der Waals surface area (Å²) in [6, 6.07) is 0.313. The number of rotatable bonds is 3. The molecular formula is C18H21F3N6. The van der Waals surface area contributed by atoms with Crippen molar-refractivity contribution in [1.82, 2.24) is 24.6 Å². The molecule has 144 valence electrons. The molecule has 0 atom stereocenters. The van der Waals surface area contributed by atoms with Crippen molar-refractivity contribution in [2.24, 2.45) is 0 Å². The largest absolute Gasteiger partial charge is 0.419 e. The first kappa shape index (κ1) is 17.8. The molecule has 4 heterocycles. The van der Waals surface area contributed by atoms with E-state index in [2.05, 4.69) is 32.3 Å². The summed E-state index contributed by atoms with van der Waals surface area (Å²) in [5.41, 5.74) is 1.09. The lowest BCUT2D eigenvalue weighted by Crippen LogP contribution is -2.31. The van der Waals surface area contributed by atoms with Crippen molar-refractivity contribution < 1.29 is 13.2 Å². The maximum atomic E-state index is 13.4. The van der Waals surface area contributed by atoms with Crippen molar-refractivity contribution in [3.05, 3.63) is 30.4 Å². The van der Waals surface area contributed by atoms with E-state index in [-0.39, 0.29) is 5.69 Å². The van der Waals surface area contributed by atoms with E-state index in [4.69, 9.17) is 0 Å². The number of hydrogen-bond donors (Lipinski definition) is 2. The van der Waals surface area contributed by atoms with Crippen LogP contribution >= 0.6 is 0 Å². The van der Waals surface area contributed by atoms with E-state index < -0.39 is 11.7 Å². The molecule has 6 nitrogen and oxygen atoms in total. The monoisotopic (exact) mass is 378 g/mol. The highest BCUT2D eigenvalue weighted by atomic mass is 19.4. The van der Waals surface area contributed by atoms with E-state index in [1.807, 2.05) is 10.9 Å². The Morgan fingerprint density at radius 1 is 1.22 bits per heavy atom. The number of halogens is 3. The molecule has 3 aromatic heterocycles. The average molecular weight is 378 g/mol. The van der Waals surface area contributed by atoms with Gasteiger partial charge in [0.25, 0.3) is 0 Å². The third-order valence-electron chi connectivity index (χ3n) is 5.23. The van der Waals surface area contributed by atoms with Crippen molar-refractivity contribution in [1.29, 1.82) is 0 Å². The van der Waals surface area contributed by atoms with Gasteiger partial charge < -0.3 is 15.2 Å². The molecule has 0 aliphatic carbocycles. The van der Waals surface area contributed by atoms with Crippen LogP contribution in [0.5, 0.6) is 0 Å². The second-order valence-electron chi connectivity index (χ2n) is 6.96. The lowest BCUT2D eigenvalue weighted by atomic mass is 10.0. The van der Waals surface area contributed by atoms with E-state index >= 15 is 0 Å². The third kappa shape index (κ3) is 3.16. The molecule has 0 saturated carbocycles. The van der Waals surface area contributed by atoms with Gasteiger partial charge in [0.15, 0.2) is 0 Å².